The number of hydrogen-bond acceptors (Lipinski definition) is 7. The Morgan fingerprint density at radius 1 is 1.00 bits per heavy atom. The molecule has 32 heavy (non-hydrogen) atoms. The summed E-state index contributed by atoms with van der Waals surface area (Å²) >= 11 is 5.98. The van der Waals surface area contributed by atoms with E-state index < -0.39 is 15.0 Å². The van der Waals surface area contributed by atoms with E-state index in [0.29, 0.717) is 45.3 Å². The second kappa shape index (κ2) is 16.1. The smallest absolute Gasteiger partial charge is 0.744 e. The van der Waals surface area contributed by atoms with Gasteiger partial charge in [-0.25, -0.2) is 8.42 Å². The topological polar surface area (TPSA) is 137 Å². The van der Waals surface area contributed by atoms with Crippen molar-refractivity contribution in [3.05, 3.63) is 42.5 Å². The zero-order chi connectivity index (χ0) is 23.3. The van der Waals surface area contributed by atoms with E-state index >= 15 is 0 Å². The van der Waals surface area contributed by atoms with Crippen molar-refractivity contribution in [3.8, 4) is 5.75 Å². The van der Waals surface area contributed by atoms with Crippen LogP contribution >= 0.6 is 11.6 Å². The van der Waals surface area contributed by atoms with Crippen LogP contribution in [0.1, 0.15) is 25.7 Å². The third-order valence-electron chi connectivity index (χ3n) is 3.99. The minimum atomic E-state index is -4.82. The average molecular weight is 496 g/mol. The molecular formula is C20H27ClN3NaO6S. The van der Waals surface area contributed by atoms with Crippen molar-refractivity contribution >= 4 is 39.2 Å². The standard InChI is InChI=1S/C20H28ClN3O6S.Na/c1-3-18(25)23-10-6-5-9-22-16-13-15(21)14-17(31(27,28)29)20(16)30-12-8-7-11-24-19(26)4-2;/h3-4,13-14,22H,1-2,5-12H2,(H,23,25)(H,24,26)(H,27,28,29);/q;+1/p-1. The van der Waals surface area contributed by atoms with Gasteiger partial charge in [0.1, 0.15) is 10.1 Å². The molecule has 0 bridgehead atoms. The van der Waals surface area contributed by atoms with E-state index in [2.05, 4.69) is 29.1 Å². The van der Waals surface area contributed by atoms with E-state index in [1.807, 2.05) is 0 Å². The Bertz CT molecular complexity index is 896. The fraction of sp³-hybridized carbons (Fsp3) is 0.400. The van der Waals surface area contributed by atoms with Crippen molar-refractivity contribution in [2.45, 2.75) is 30.6 Å². The van der Waals surface area contributed by atoms with E-state index in [1.165, 1.54) is 18.2 Å². The van der Waals surface area contributed by atoms with Gasteiger partial charge < -0.3 is 25.2 Å². The molecule has 0 aliphatic rings. The Morgan fingerprint density at radius 2 is 1.53 bits per heavy atom. The third-order valence-corrected chi connectivity index (χ3v) is 5.05. The van der Waals surface area contributed by atoms with E-state index in [4.69, 9.17) is 16.3 Å². The third kappa shape index (κ3) is 11.9. The minimum Gasteiger partial charge on any atom is -0.744 e. The molecule has 1 aromatic rings. The van der Waals surface area contributed by atoms with Crippen molar-refractivity contribution in [2.24, 2.45) is 0 Å². The van der Waals surface area contributed by atoms with Crippen LogP contribution in [0.25, 0.3) is 0 Å². The molecule has 0 heterocycles. The van der Waals surface area contributed by atoms with Crippen LogP contribution in [-0.2, 0) is 19.7 Å². The molecule has 0 atom stereocenters. The molecule has 0 spiro atoms. The first-order chi connectivity index (χ1) is 14.7. The number of carbonyl (C=O) groups excluding carboxylic acids is 2. The van der Waals surface area contributed by atoms with Gasteiger partial charge in [-0.05, 0) is 50.0 Å². The first-order valence-electron chi connectivity index (χ1n) is 9.65. The Morgan fingerprint density at radius 3 is 2.06 bits per heavy atom. The molecule has 0 fully saturated rings. The number of anilines is 1. The van der Waals surface area contributed by atoms with Crippen molar-refractivity contribution in [1.82, 2.24) is 10.6 Å². The fourth-order valence-corrected chi connectivity index (χ4v) is 3.43. The number of carbonyl (C=O) groups is 2. The number of rotatable bonds is 15. The van der Waals surface area contributed by atoms with Gasteiger partial charge in [0, 0.05) is 24.7 Å². The second-order valence-corrected chi connectivity index (χ2v) is 8.20. The summed E-state index contributed by atoms with van der Waals surface area (Å²) in [5.74, 6) is -0.628. The molecule has 0 unspecified atom stereocenters. The molecule has 3 N–H and O–H groups in total. The van der Waals surface area contributed by atoms with Gasteiger partial charge >= 0.3 is 29.6 Å². The first kappa shape index (κ1) is 30.4. The van der Waals surface area contributed by atoms with Crippen molar-refractivity contribution in [2.75, 3.05) is 31.6 Å². The summed E-state index contributed by atoms with van der Waals surface area (Å²) in [6.45, 7) is 8.17. The summed E-state index contributed by atoms with van der Waals surface area (Å²) in [6.07, 6.45) is 4.79. The Kier molecular flexibility index (Phi) is 15.3. The number of halogens is 1. The minimum absolute atomic E-state index is 0. The normalized spacial score (nSPS) is 10.4. The summed E-state index contributed by atoms with van der Waals surface area (Å²) < 4.78 is 40.7. The number of nitrogens with one attached hydrogen (secondary N) is 3. The van der Waals surface area contributed by atoms with Crippen LogP contribution in [0.3, 0.4) is 0 Å². The van der Waals surface area contributed by atoms with Crippen molar-refractivity contribution in [3.63, 3.8) is 0 Å². The molecule has 9 nitrogen and oxygen atoms in total. The van der Waals surface area contributed by atoms with E-state index in [1.54, 1.807) is 0 Å². The number of hydrogen-bond donors (Lipinski definition) is 3. The fourth-order valence-electron chi connectivity index (χ4n) is 2.48. The van der Waals surface area contributed by atoms with E-state index in [9.17, 15) is 22.6 Å². The number of unbranched alkanes of at least 4 members (excludes halogenated alkanes) is 2. The summed E-state index contributed by atoms with van der Waals surface area (Å²) in [7, 11) is -4.82. The van der Waals surface area contributed by atoms with Gasteiger partial charge in [-0.2, -0.15) is 0 Å². The SMILES string of the molecule is C=CC(=O)NCCCCNc1cc(Cl)cc(S(=O)(=O)[O-])c1OCCCCNC(=O)C=C.[Na+]. The maximum Gasteiger partial charge on any atom is 1.00 e. The first-order valence-corrected chi connectivity index (χ1v) is 11.4. The Hall–Kier alpha value is -1.56. The molecule has 1 rings (SSSR count). The monoisotopic (exact) mass is 495 g/mol. The number of amides is 2. The Balaban J connectivity index is 0.00000961. The maximum atomic E-state index is 11.7. The van der Waals surface area contributed by atoms with Gasteiger partial charge in [0.15, 0.2) is 5.75 Å². The van der Waals surface area contributed by atoms with Gasteiger partial charge in [-0.15, -0.1) is 0 Å². The predicted molar refractivity (Wildman–Crippen MR) is 118 cm³/mol. The quantitative estimate of drug-likeness (QED) is 0.125. The van der Waals surface area contributed by atoms with Crippen molar-refractivity contribution < 1.29 is 56.9 Å². The van der Waals surface area contributed by atoms with Crippen molar-refractivity contribution in [1.29, 1.82) is 0 Å². The van der Waals surface area contributed by atoms with Gasteiger partial charge in [-0.1, -0.05) is 24.8 Å². The summed E-state index contributed by atoms with van der Waals surface area (Å²) in [5, 5.41) is 8.38. The molecule has 12 heteroatoms. The van der Waals surface area contributed by atoms with Gasteiger partial charge in [0.2, 0.25) is 11.8 Å². The maximum absolute atomic E-state index is 11.7. The second-order valence-electron chi connectivity index (χ2n) is 6.41. The van der Waals surface area contributed by atoms with Crippen LogP contribution in [0.2, 0.25) is 5.02 Å². The summed E-state index contributed by atoms with van der Waals surface area (Å²) in [5.41, 5.74) is 0.289. The van der Waals surface area contributed by atoms with Gasteiger partial charge in [-0.3, -0.25) is 9.59 Å². The molecular weight excluding hydrogens is 469 g/mol. The molecule has 0 saturated carbocycles. The molecule has 0 aliphatic carbocycles. The molecule has 2 amide bonds. The zero-order valence-corrected chi connectivity index (χ0v) is 21.7. The number of ether oxygens (including phenoxy) is 1. The average Bonchev–Trinajstić information content (AvgIpc) is 2.72. The molecule has 0 aliphatic heterocycles. The molecule has 172 valence electrons. The van der Waals surface area contributed by atoms with Crippen LogP contribution in [0, 0.1) is 0 Å². The van der Waals surface area contributed by atoms with Crippen LogP contribution in [0.4, 0.5) is 5.69 Å². The van der Waals surface area contributed by atoms with Gasteiger partial charge in [0.25, 0.3) is 0 Å². The molecule has 1 aromatic carbocycles. The largest absolute Gasteiger partial charge is 1.00 e. The Labute approximate surface area is 216 Å². The van der Waals surface area contributed by atoms with E-state index in [-0.39, 0.29) is 64.4 Å². The zero-order valence-electron chi connectivity index (χ0n) is 18.1. The predicted octanol–water partition coefficient (Wildman–Crippen LogP) is -0.796. The molecule has 0 saturated heterocycles. The molecule has 0 radical (unpaired) electrons. The number of benzene rings is 1. The van der Waals surface area contributed by atoms with Gasteiger partial charge in [0.05, 0.1) is 17.2 Å². The van der Waals surface area contributed by atoms with E-state index in [0.717, 1.165) is 6.07 Å². The van der Waals surface area contributed by atoms with Crippen LogP contribution < -0.4 is 50.2 Å². The molecule has 0 aromatic heterocycles. The van der Waals surface area contributed by atoms with Crippen LogP contribution in [0.5, 0.6) is 5.75 Å². The van der Waals surface area contributed by atoms with Crippen LogP contribution in [0.15, 0.2) is 42.3 Å². The van der Waals surface area contributed by atoms with Crippen LogP contribution in [-0.4, -0.2) is 51.0 Å². The summed E-state index contributed by atoms with van der Waals surface area (Å²) in [4.78, 5) is 21.7. The summed E-state index contributed by atoms with van der Waals surface area (Å²) in [6, 6.07) is 2.54.